The number of hydrogen-bond donors (Lipinski definition) is 7. The molecule has 7 N–H and O–H groups in total. The van der Waals surface area contributed by atoms with Gasteiger partial charge in [0.05, 0.1) is 79.3 Å². The first-order valence-electron chi connectivity index (χ1n) is 11.7. The van der Waals surface area contributed by atoms with Gasteiger partial charge in [0.1, 0.15) is 0 Å². The molecule has 39 heavy (non-hydrogen) atoms. The van der Waals surface area contributed by atoms with Crippen LogP contribution in [0.2, 0.25) is 0 Å². The molecule has 232 valence electrons. The summed E-state index contributed by atoms with van der Waals surface area (Å²) in [7, 11) is 0. The Morgan fingerprint density at radius 2 is 0.744 bits per heavy atom. The number of aliphatic carboxylic acids is 3. The summed E-state index contributed by atoms with van der Waals surface area (Å²) in [4.78, 5) is 29.1. The van der Waals surface area contributed by atoms with Crippen LogP contribution in [0.1, 0.15) is 27.7 Å². The van der Waals surface area contributed by atoms with Gasteiger partial charge in [-0.1, -0.05) is 19.2 Å². The van der Waals surface area contributed by atoms with Gasteiger partial charge >= 0.3 is 17.9 Å². The minimum atomic E-state index is -0.935. The number of carbonyl (C=O) groups is 3. The average Bonchev–Trinajstić information content (AvgIpc) is 2.89. The SMILES string of the molecule is C=C(C)C(=O)O.C=C(C)C(=O)O.CC=C(C)C(=O)O.OCCOCCOCCO.OCCOCCOCCO. The standard InChI is InChI=1S/2C6H14O4.C5H8O2.2C4H6O2/c2*7-1-3-9-5-6-10-4-2-8;1-3-4(2)5(6)7;2*1-3(2)4(5)6/h2*7-8H,1-6H2;3H,1-2H3,(H,6,7);2*1H2,2H3,(H,5,6). The van der Waals surface area contributed by atoms with Crippen molar-refractivity contribution in [2.75, 3.05) is 79.3 Å². The molecule has 0 saturated carbocycles. The van der Waals surface area contributed by atoms with Crippen molar-refractivity contribution in [1.29, 1.82) is 0 Å². The minimum Gasteiger partial charge on any atom is -0.478 e. The zero-order valence-corrected chi connectivity index (χ0v) is 23.5. The monoisotopic (exact) mass is 572 g/mol. The van der Waals surface area contributed by atoms with Crippen LogP contribution >= 0.6 is 0 Å². The average molecular weight is 573 g/mol. The van der Waals surface area contributed by atoms with Gasteiger partial charge in [-0.2, -0.15) is 0 Å². The molecule has 0 unspecified atom stereocenters. The van der Waals surface area contributed by atoms with E-state index in [1.807, 2.05) is 0 Å². The maximum Gasteiger partial charge on any atom is 0.330 e. The fraction of sp³-hybridized carbons (Fsp3) is 0.640. The summed E-state index contributed by atoms with van der Waals surface area (Å²) in [5.74, 6) is -2.72. The van der Waals surface area contributed by atoms with E-state index in [-0.39, 0.29) is 37.6 Å². The number of rotatable bonds is 17. The first-order chi connectivity index (χ1) is 18.3. The highest BCUT2D eigenvalue weighted by Gasteiger charge is 1.93. The molecule has 0 aromatic rings. The van der Waals surface area contributed by atoms with Crippen LogP contribution < -0.4 is 0 Å². The summed E-state index contributed by atoms with van der Waals surface area (Å²) in [6.07, 6.45) is 1.56. The van der Waals surface area contributed by atoms with Crippen molar-refractivity contribution >= 4 is 17.9 Å². The molecule has 0 aromatic heterocycles. The van der Waals surface area contributed by atoms with Crippen LogP contribution in [-0.4, -0.2) is 133 Å². The van der Waals surface area contributed by atoms with Gasteiger partial charge < -0.3 is 54.7 Å². The third kappa shape index (κ3) is 61.2. The van der Waals surface area contributed by atoms with Crippen LogP contribution in [-0.2, 0) is 33.3 Å². The lowest BCUT2D eigenvalue weighted by Crippen LogP contribution is -2.09. The van der Waals surface area contributed by atoms with Crippen LogP contribution in [0.25, 0.3) is 0 Å². The van der Waals surface area contributed by atoms with Crippen LogP contribution in [0.3, 0.4) is 0 Å². The third-order valence-electron chi connectivity index (χ3n) is 3.19. The first-order valence-corrected chi connectivity index (χ1v) is 11.7. The number of carboxylic acids is 3. The van der Waals surface area contributed by atoms with E-state index in [9.17, 15) is 14.4 Å². The number of hydrogen-bond acceptors (Lipinski definition) is 11. The Kier molecular flexibility index (Phi) is 47.1. The molecule has 0 aromatic carbocycles. The highest BCUT2D eigenvalue weighted by molar-refractivity contribution is 5.85. The topological polar surface area (TPSA) is 230 Å². The second-order valence-corrected chi connectivity index (χ2v) is 6.79. The lowest BCUT2D eigenvalue weighted by atomic mass is 10.3. The van der Waals surface area contributed by atoms with E-state index in [0.717, 1.165) is 0 Å². The number of carboxylic acid groups (broad SMARTS) is 3. The Hall–Kier alpha value is -2.69. The van der Waals surface area contributed by atoms with Gasteiger partial charge in [-0.3, -0.25) is 0 Å². The van der Waals surface area contributed by atoms with Crippen LogP contribution in [0.4, 0.5) is 0 Å². The summed E-state index contributed by atoms with van der Waals surface area (Å²) in [6.45, 7) is 15.9. The summed E-state index contributed by atoms with van der Waals surface area (Å²) >= 11 is 0. The number of ether oxygens (including phenoxy) is 4. The van der Waals surface area contributed by atoms with Crippen LogP contribution in [0.5, 0.6) is 0 Å². The maximum absolute atomic E-state index is 9.86. The van der Waals surface area contributed by atoms with Crippen LogP contribution in [0.15, 0.2) is 36.0 Å². The predicted molar refractivity (Wildman–Crippen MR) is 144 cm³/mol. The second-order valence-electron chi connectivity index (χ2n) is 6.79. The molecule has 0 aliphatic carbocycles. The summed E-state index contributed by atoms with van der Waals surface area (Å²) < 4.78 is 19.5. The fourth-order valence-corrected chi connectivity index (χ4v) is 1.03. The Morgan fingerprint density at radius 3 is 0.821 bits per heavy atom. The second kappa shape index (κ2) is 39.8. The van der Waals surface area contributed by atoms with Crippen molar-refractivity contribution in [1.82, 2.24) is 0 Å². The van der Waals surface area contributed by atoms with Gasteiger partial charge in [0, 0.05) is 16.7 Å². The summed E-state index contributed by atoms with van der Waals surface area (Å²) in [5.41, 5.74) is 0.741. The normalized spacial score (nSPS) is 9.59. The van der Waals surface area contributed by atoms with Crippen LogP contribution in [0, 0.1) is 0 Å². The van der Waals surface area contributed by atoms with Gasteiger partial charge in [-0.25, -0.2) is 14.4 Å². The van der Waals surface area contributed by atoms with E-state index in [0.29, 0.717) is 58.4 Å². The smallest absolute Gasteiger partial charge is 0.330 e. The van der Waals surface area contributed by atoms with E-state index in [4.69, 9.17) is 54.7 Å². The molecule has 0 fully saturated rings. The van der Waals surface area contributed by atoms with Crippen molar-refractivity contribution in [3.8, 4) is 0 Å². The van der Waals surface area contributed by atoms with Gasteiger partial charge in [0.15, 0.2) is 0 Å². The first kappa shape index (κ1) is 46.2. The molecule has 0 atom stereocenters. The predicted octanol–water partition coefficient (Wildman–Crippen LogP) is 0.340. The molecule has 0 heterocycles. The van der Waals surface area contributed by atoms with Gasteiger partial charge in [-0.15, -0.1) is 0 Å². The van der Waals surface area contributed by atoms with Crippen molar-refractivity contribution in [3.63, 3.8) is 0 Å². The highest BCUT2D eigenvalue weighted by atomic mass is 16.5. The number of allylic oxidation sites excluding steroid dienone is 1. The Balaban J connectivity index is -0.000000126. The molecule has 0 aliphatic rings. The zero-order chi connectivity index (χ0) is 31.5. The third-order valence-corrected chi connectivity index (χ3v) is 3.19. The Bertz CT molecular complexity index is 552. The lowest BCUT2D eigenvalue weighted by molar-refractivity contribution is -0.133. The van der Waals surface area contributed by atoms with E-state index in [1.165, 1.54) is 13.8 Å². The molecule has 0 saturated heterocycles. The van der Waals surface area contributed by atoms with Crippen molar-refractivity contribution in [2.45, 2.75) is 27.7 Å². The molecular weight excluding hydrogens is 524 g/mol. The Morgan fingerprint density at radius 1 is 0.538 bits per heavy atom. The summed E-state index contributed by atoms with van der Waals surface area (Å²) in [6, 6.07) is 0. The maximum atomic E-state index is 9.86. The van der Waals surface area contributed by atoms with E-state index in [2.05, 4.69) is 13.2 Å². The number of aliphatic hydroxyl groups excluding tert-OH is 4. The van der Waals surface area contributed by atoms with Gasteiger partial charge in [0.2, 0.25) is 0 Å². The number of aliphatic hydroxyl groups is 4. The fourth-order valence-electron chi connectivity index (χ4n) is 1.03. The van der Waals surface area contributed by atoms with E-state index >= 15 is 0 Å². The Labute approximate surface area is 230 Å². The quantitative estimate of drug-likeness (QED) is 0.0921. The molecule has 0 rings (SSSR count). The molecule has 14 heteroatoms. The molecule has 14 nitrogen and oxygen atoms in total. The zero-order valence-electron chi connectivity index (χ0n) is 23.5. The molecule has 0 bridgehead atoms. The molecule has 0 radical (unpaired) electrons. The minimum absolute atomic E-state index is 0.0417. The molecule has 0 amide bonds. The van der Waals surface area contributed by atoms with Gasteiger partial charge in [0.25, 0.3) is 0 Å². The van der Waals surface area contributed by atoms with Crippen molar-refractivity contribution < 1.29 is 69.1 Å². The van der Waals surface area contributed by atoms with E-state index < -0.39 is 17.9 Å². The van der Waals surface area contributed by atoms with Crippen molar-refractivity contribution in [3.05, 3.63) is 36.0 Å². The van der Waals surface area contributed by atoms with E-state index in [1.54, 1.807) is 19.9 Å². The molecule has 0 aliphatic heterocycles. The summed E-state index contributed by atoms with van der Waals surface area (Å²) in [5, 5.41) is 56.9. The van der Waals surface area contributed by atoms with Crippen molar-refractivity contribution in [2.24, 2.45) is 0 Å². The van der Waals surface area contributed by atoms with Gasteiger partial charge in [-0.05, 0) is 27.7 Å². The highest BCUT2D eigenvalue weighted by Crippen LogP contribution is 1.88. The lowest BCUT2D eigenvalue weighted by Gasteiger charge is -2.01. The largest absolute Gasteiger partial charge is 0.478 e. The molecule has 0 spiro atoms. The molecular formula is C25H48O14.